The third kappa shape index (κ3) is 5.06. The van der Waals surface area contributed by atoms with E-state index < -0.39 is 5.82 Å². The number of nitrogens with zero attached hydrogens (tertiary/aromatic N) is 3. The van der Waals surface area contributed by atoms with E-state index in [-0.39, 0.29) is 24.1 Å². The SMILES string of the molecule is Cn1ncc(N=Cc2ccc(COc3ccc(F)c(Cl)c3)o2)c1C(=O)NCc1ccco1. The quantitative estimate of drug-likeness (QED) is 0.389. The number of furan rings is 2. The average molecular weight is 457 g/mol. The number of halogens is 2. The van der Waals surface area contributed by atoms with E-state index in [0.29, 0.717) is 34.4 Å². The molecule has 32 heavy (non-hydrogen) atoms. The van der Waals surface area contributed by atoms with Crippen molar-refractivity contribution >= 4 is 29.4 Å². The Kier molecular flexibility index (Phi) is 6.37. The molecular weight excluding hydrogens is 439 g/mol. The summed E-state index contributed by atoms with van der Waals surface area (Å²) < 4.78 is 31.1. The van der Waals surface area contributed by atoms with Crippen LogP contribution in [0.15, 0.2) is 68.8 Å². The summed E-state index contributed by atoms with van der Waals surface area (Å²) in [6, 6.07) is 11.1. The predicted octanol–water partition coefficient (Wildman–Crippen LogP) is 4.66. The van der Waals surface area contributed by atoms with Crippen LogP contribution in [-0.4, -0.2) is 21.9 Å². The summed E-state index contributed by atoms with van der Waals surface area (Å²) in [5.74, 6) is 1.21. The van der Waals surface area contributed by atoms with Gasteiger partial charge in [-0.25, -0.2) is 9.38 Å². The van der Waals surface area contributed by atoms with Crippen molar-refractivity contribution in [3.8, 4) is 5.75 Å². The molecule has 1 amide bonds. The fourth-order valence-electron chi connectivity index (χ4n) is 2.84. The Balaban J connectivity index is 1.39. The molecule has 3 heterocycles. The fourth-order valence-corrected chi connectivity index (χ4v) is 3.01. The van der Waals surface area contributed by atoms with Gasteiger partial charge < -0.3 is 18.9 Å². The van der Waals surface area contributed by atoms with Crippen molar-refractivity contribution in [2.24, 2.45) is 12.0 Å². The number of nitrogens with one attached hydrogen (secondary N) is 1. The second-order valence-corrected chi connectivity index (χ2v) is 7.10. The Hall–Kier alpha value is -3.85. The highest BCUT2D eigenvalue weighted by Gasteiger charge is 2.16. The highest BCUT2D eigenvalue weighted by atomic mass is 35.5. The van der Waals surface area contributed by atoms with Gasteiger partial charge in [0.15, 0.2) is 5.69 Å². The molecule has 164 valence electrons. The first-order valence-corrected chi connectivity index (χ1v) is 9.90. The maximum Gasteiger partial charge on any atom is 0.272 e. The van der Waals surface area contributed by atoms with Crippen LogP contribution in [0.2, 0.25) is 5.02 Å². The normalized spacial score (nSPS) is 11.2. The molecule has 0 fully saturated rings. The molecule has 1 N–H and O–H groups in total. The van der Waals surface area contributed by atoms with Gasteiger partial charge in [0.2, 0.25) is 0 Å². The van der Waals surface area contributed by atoms with Gasteiger partial charge in [0, 0.05) is 13.1 Å². The summed E-state index contributed by atoms with van der Waals surface area (Å²) >= 11 is 5.75. The van der Waals surface area contributed by atoms with Crippen molar-refractivity contribution < 1.29 is 22.8 Å². The van der Waals surface area contributed by atoms with E-state index in [1.165, 1.54) is 35.3 Å². The largest absolute Gasteiger partial charge is 0.486 e. The molecule has 0 aliphatic carbocycles. The standard InChI is InChI=1S/C22H18ClFN4O4/c1-28-21(22(29)26-10-15-3-2-8-30-15)20(12-27-28)25-11-16-4-5-17(32-16)13-31-14-6-7-19(24)18(23)9-14/h2-9,11-12H,10,13H2,1H3,(H,26,29). The van der Waals surface area contributed by atoms with E-state index in [1.54, 1.807) is 37.6 Å². The first-order valence-electron chi connectivity index (χ1n) is 9.53. The maximum absolute atomic E-state index is 13.2. The maximum atomic E-state index is 13.2. The molecule has 0 atom stereocenters. The van der Waals surface area contributed by atoms with E-state index in [4.69, 9.17) is 25.2 Å². The minimum absolute atomic E-state index is 0.0183. The lowest BCUT2D eigenvalue weighted by atomic mass is 10.3. The number of hydrogen-bond acceptors (Lipinski definition) is 6. The minimum Gasteiger partial charge on any atom is -0.486 e. The number of hydrogen-bond donors (Lipinski definition) is 1. The van der Waals surface area contributed by atoms with Crippen LogP contribution in [0.4, 0.5) is 10.1 Å². The van der Waals surface area contributed by atoms with Gasteiger partial charge in [-0.05, 0) is 36.4 Å². The lowest BCUT2D eigenvalue weighted by molar-refractivity contribution is 0.0939. The van der Waals surface area contributed by atoms with Crippen LogP contribution in [-0.2, 0) is 20.2 Å². The third-order valence-corrected chi connectivity index (χ3v) is 4.71. The second-order valence-electron chi connectivity index (χ2n) is 6.69. The lowest BCUT2D eigenvalue weighted by Crippen LogP contribution is -2.25. The van der Waals surface area contributed by atoms with E-state index in [9.17, 15) is 9.18 Å². The van der Waals surface area contributed by atoms with Crippen molar-refractivity contribution in [3.63, 3.8) is 0 Å². The monoisotopic (exact) mass is 456 g/mol. The number of rotatable bonds is 8. The number of ether oxygens (including phenoxy) is 1. The molecule has 0 aliphatic heterocycles. The number of aliphatic imine (C=N–C) groups is 1. The van der Waals surface area contributed by atoms with Crippen LogP contribution >= 0.6 is 11.6 Å². The zero-order valence-corrected chi connectivity index (χ0v) is 17.7. The number of amides is 1. The summed E-state index contributed by atoms with van der Waals surface area (Å²) in [6.45, 7) is 0.379. The average Bonchev–Trinajstić information content (AvgIpc) is 3.53. The van der Waals surface area contributed by atoms with Crippen molar-refractivity contribution in [2.45, 2.75) is 13.2 Å². The van der Waals surface area contributed by atoms with Gasteiger partial charge >= 0.3 is 0 Å². The summed E-state index contributed by atoms with van der Waals surface area (Å²) in [6.07, 6.45) is 4.51. The predicted molar refractivity (Wildman–Crippen MR) is 115 cm³/mol. The van der Waals surface area contributed by atoms with E-state index >= 15 is 0 Å². The third-order valence-electron chi connectivity index (χ3n) is 4.42. The number of benzene rings is 1. The topological polar surface area (TPSA) is 94.8 Å². The Morgan fingerprint density at radius 2 is 2.19 bits per heavy atom. The van der Waals surface area contributed by atoms with E-state index in [2.05, 4.69) is 15.4 Å². The zero-order valence-electron chi connectivity index (χ0n) is 16.9. The van der Waals surface area contributed by atoms with Crippen LogP contribution in [0.3, 0.4) is 0 Å². The van der Waals surface area contributed by atoms with Gasteiger partial charge in [0.25, 0.3) is 5.91 Å². The lowest BCUT2D eigenvalue weighted by Gasteiger charge is -2.05. The molecule has 0 saturated carbocycles. The zero-order chi connectivity index (χ0) is 22.5. The molecule has 1 aromatic carbocycles. The summed E-state index contributed by atoms with van der Waals surface area (Å²) in [5.41, 5.74) is 0.690. The van der Waals surface area contributed by atoms with Crippen molar-refractivity contribution in [1.29, 1.82) is 0 Å². The number of aryl methyl sites for hydroxylation is 1. The van der Waals surface area contributed by atoms with Crippen LogP contribution in [0.25, 0.3) is 0 Å². The Morgan fingerprint density at radius 3 is 2.97 bits per heavy atom. The molecule has 0 bridgehead atoms. The Morgan fingerprint density at radius 1 is 1.31 bits per heavy atom. The van der Waals surface area contributed by atoms with Crippen LogP contribution in [0, 0.1) is 5.82 Å². The number of aromatic nitrogens is 2. The second kappa shape index (κ2) is 9.52. The molecular formula is C22H18ClFN4O4. The molecule has 0 saturated heterocycles. The molecule has 10 heteroatoms. The summed E-state index contributed by atoms with van der Waals surface area (Å²) in [4.78, 5) is 16.9. The van der Waals surface area contributed by atoms with Crippen molar-refractivity contribution in [3.05, 3.63) is 88.7 Å². The van der Waals surface area contributed by atoms with Crippen LogP contribution < -0.4 is 10.1 Å². The van der Waals surface area contributed by atoms with Gasteiger partial charge in [0.05, 0.1) is 30.2 Å². The summed E-state index contributed by atoms with van der Waals surface area (Å²) in [5, 5.41) is 6.86. The van der Waals surface area contributed by atoms with Gasteiger partial charge in [-0.15, -0.1) is 0 Å². The molecule has 0 unspecified atom stereocenters. The van der Waals surface area contributed by atoms with Gasteiger partial charge in [-0.2, -0.15) is 5.10 Å². The van der Waals surface area contributed by atoms with Gasteiger partial charge in [-0.1, -0.05) is 11.6 Å². The molecule has 0 aliphatic rings. The molecule has 8 nitrogen and oxygen atoms in total. The molecule has 0 radical (unpaired) electrons. The van der Waals surface area contributed by atoms with Gasteiger partial charge in [-0.3, -0.25) is 9.48 Å². The van der Waals surface area contributed by atoms with E-state index in [0.717, 1.165) is 0 Å². The molecule has 0 spiro atoms. The highest BCUT2D eigenvalue weighted by molar-refractivity contribution is 6.30. The van der Waals surface area contributed by atoms with Crippen LogP contribution in [0.5, 0.6) is 5.75 Å². The number of carbonyl (C=O) groups excluding carboxylic acids is 1. The fraction of sp³-hybridized carbons (Fsp3) is 0.136. The van der Waals surface area contributed by atoms with E-state index in [1.807, 2.05) is 0 Å². The Bertz CT molecular complexity index is 1250. The molecule has 4 aromatic rings. The van der Waals surface area contributed by atoms with Gasteiger partial charge in [0.1, 0.15) is 41.1 Å². The van der Waals surface area contributed by atoms with Crippen molar-refractivity contribution in [1.82, 2.24) is 15.1 Å². The molecule has 3 aromatic heterocycles. The summed E-state index contributed by atoms with van der Waals surface area (Å²) in [7, 11) is 1.66. The first kappa shape index (κ1) is 21.4. The number of carbonyl (C=O) groups is 1. The Labute approximate surface area is 187 Å². The minimum atomic E-state index is -0.514. The van der Waals surface area contributed by atoms with Crippen molar-refractivity contribution in [2.75, 3.05) is 0 Å². The first-order chi connectivity index (χ1) is 15.5. The highest BCUT2D eigenvalue weighted by Crippen LogP contribution is 2.22. The van der Waals surface area contributed by atoms with Crippen LogP contribution in [0.1, 0.15) is 27.8 Å². The molecule has 4 rings (SSSR count). The smallest absolute Gasteiger partial charge is 0.272 e.